The first-order chi connectivity index (χ1) is 8.58. The van der Waals surface area contributed by atoms with Crippen LogP contribution < -0.4 is 11.1 Å². The van der Waals surface area contributed by atoms with Gasteiger partial charge >= 0.3 is 0 Å². The maximum absolute atomic E-state index is 13.1. The third-order valence-electron chi connectivity index (χ3n) is 2.33. The first kappa shape index (κ1) is 12.6. The van der Waals surface area contributed by atoms with Crippen LogP contribution in [0.4, 0.5) is 10.1 Å². The molecule has 1 heterocycles. The number of H-pyrrole nitrogens is 1. The SMILES string of the molecule is Nc1cc(C(=O)NCc2ccn[nH]2)c(Br)cc1F. The molecule has 4 N–H and O–H groups in total. The molecule has 0 aliphatic rings. The van der Waals surface area contributed by atoms with E-state index in [9.17, 15) is 9.18 Å². The number of nitrogens with one attached hydrogen (secondary N) is 2. The summed E-state index contributed by atoms with van der Waals surface area (Å²) in [6, 6.07) is 4.20. The number of amides is 1. The van der Waals surface area contributed by atoms with Crippen LogP contribution in [-0.2, 0) is 6.54 Å². The van der Waals surface area contributed by atoms with E-state index < -0.39 is 5.82 Å². The summed E-state index contributed by atoms with van der Waals surface area (Å²) < 4.78 is 13.5. The van der Waals surface area contributed by atoms with Gasteiger partial charge in [0.1, 0.15) is 5.82 Å². The number of benzene rings is 1. The molecule has 1 amide bonds. The number of aromatic amines is 1. The summed E-state index contributed by atoms with van der Waals surface area (Å²) in [7, 11) is 0. The van der Waals surface area contributed by atoms with Crippen molar-refractivity contribution in [3.8, 4) is 0 Å². The van der Waals surface area contributed by atoms with Crippen molar-refractivity contribution < 1.29 is 9.18 Å². The largest absolute Gasteiger partial charge is 0.396 e. The van der Waals surface area contributed by atoms with Gasteiger partial charge in [-0.15, -0.1) is 0 Å². The average Bonchev–Trinajstić information content (AvgIpc) is 2.84. The lowest BCUT2D eigenvalue weighted by atomic mass is 10.2. The molecule has 0 aliphatic heterocycles. The lowest BCUT2D eigenvalue weighted by molar-refractivity contribution is 0.0949. The van der Waals surface area contributed by atoms with E-state index in [1.807, 2.05) is 0 Å². The Kier molecular flexibility index (Phi) is 3.61. The number of halogens is 2. The molecular formula is C11H10BrFN4O. The minimum absolute atomic E-state index is 0.0649. The predicted octanol–water partition coefficient (Wildman–Crippen LogP) is 1.82. The summed E-state index contributed by atoms with van der Waals surface area (Å²) in [6.45, 7) is 0.308. The first-order valence-corrected chi connectivity index (χ1v) is 5.88. The second kappa shape index (κ2) is 5.18. The molecule has 0 unspecified atom stereocenters. The minimum atomic E-state index is -0.563. The number of hydrogen-bond donors (Lipinski definition) is 3. The van der Waals surface area contributed by atoms with Gasteiger partial charge in [-0.05, 0) is 34.1 Å². The van der Waals surface area contributed by atoms with E-state index in [4.69, 9.17) is 5.73 Å². The number of rotatable bonds is 3. The number of hydrogen-bond acceptors (Lipinski definition) is 3. The second-order valence-corrected chi connectivity index (χ2v) is 4.47. The van der Waals surface area contributed by atoms with Crippen molar-refractivity contribution in [2.75, 3.05) is 5.73 Å². The Labute approximate surface area is 111 Å². The number of carbonyl (C=O) groups is 1. The van der Waals surface area contributed by atoms with Gasteiger partial charge in [-0.2, -0.15) is 5.10 Å². The molecule has 0 aliphatic carbocycles. The average molecular weight is 313 g/mol. The normalized spacial score (nSPS) is 10.3. The maximum atomic E-state index is 13.1. The molecule has 0 saturated heterocycles. The van der Waals surface area contributed by atoms with Gasteiger partial charge in [0.15, 0.2) is 0 Å². The fourth-order valence-corrected chi connectivity index (χ4v) is 1.89. The number of nitrogens with zero attached hydrogens (tertiary/aromatic N) is 1. The van der Waals surface area contributed by atoms with Crippen LogP contribution in [0.3, 0.4) is 0 Å². The summed E-state index contributed by atoms with van der Waals surface area (Å²) in [6.07, 6.45) is 1.59. The molecule has 0 spiro atoms. The highest BCUT2D eigenvalue weighted by molar-refractivity contribution is 9.10. The van der Waals surface area contributed by atoms with E-state index >= 15 is 0 Å². The van der Waals surface area contributed by atoms with Gasteiger partial charge in [0.2, 0.25) is 0 Å². The third kappa shape index (κ3) is 2.67. The van der Waals surface area contributed by atoms with Crippen molar-refractivity contribution in [2.24, 2.45) is 0 Å². The Morgan fingerprint density at radius 3 is 3.00 bits per heavy atom. The fourth-order valence-electron chi connectivity index (χ4n) is 1.39. The van der Waals surface area contributed by atoms with Crippen LogP contribution in [0.15, 0.2) is 28.9 Å². The standard InChI is InChI=1S/C11H10BrFN4O/c12-8-4-9(13)10(14)3-7(8)11(18)15-5-6-1-2-16-17-6/h1-4H,5,14H2,(H,15,18)(H,16,17). The van der Waals surface area contributed by atoms with Crippen molar-refractivity contribution >= 4 is 27.5 Å². The number of carbonyl (C=O) groups excluding carboxylic acids is 1. The molecule has 94 valence electrons. The summed E-state index contributed by atoms with van der Waals surface area (Å²) in [4.78, 5) is 11.9. The van der Waals surface area contributed by atoms with Crippen molar-refractivity contribution in [3.05, 3.63) is 45.9 Å². The maximum Gasteiger partial charge on any atom is 0.252 e. The molecule has 0 bridgehead atoms. The van der Waals surface area contributed by atoms with Crippen LogP contribution in [0.2, 0.25) is 0 Å². The first-order valence-electron chi connectivity index (χ1n) is 5.09. The molecular weight excluding hydrogens is 303 g/mol. The predicted molar refractivity (Wildman–Crippen MR) is 68.3 cm³/mol. The highest BCUT2D eigenvalue weighted by Gasteiger charge is 2.13. The van der Waals surface area contributed by atoms with E-state index in [2.05, 4.69) is 31.4 Å². The zero-order valence-electron chi connectivity index (χ0n) is 9.21. The molecule has 0 fully saturated rings. The monoisotopic (exact) mass is 312 g/mol. The van der Waals surface area contributed by atoms with Gasteiger partial charge in [-0.1, -0.05) is 0 Å². The highest BCUT2D eigenvalue weighted by Crippen LogP contribution is 2.22. The van der Waals surface area contributed by atoms with Crippen LogP contribution in [-0.4, -0.2) is 16.1 Å². The van der Waals surface area contributed by atoms with Gasteiger partial charge in [0.05, 0.1) is 23.5 Å². The van der Waals surface area contributed by atoms with Gasteiger partial charge in [0.25, 0.3) is 5.91 Å². The zero-order valence-corrected chi connectivity index (χ0v) is 10.8. The Morgan fingerprint density at radius 1 is 1.56 bits per heavy atom. The quantitative estimate of drug-likeness (QED) is 0.756. The number of aromatic nitrogens is 2. The second-order valence-electron chi connectivity index (χ2n) is 3.62. The molecule has 0 saturated carbocycles. The van der Waals surface area contributed by atoms with Crippen molar-refractivity contribution in [1.82, 2.24) is 15.5 Å². The molecule has 1 aromatic heterocycles. The molecule has 2 aromatic rings. The Morgan fingerprint density at radius 2 is 2.33 bits per heavy atom. The molecule has 2 rings (SSSR count). The number of nitrogen functional groups attached to an aromatic ring is 1. The summed E-state index contributed by atoms with van der Waals surface area (Å²) in [5, 5.41) is 9.15. The molecule has 18 heavy (non-hydrogen) atoms. The van der Waals surface area contributed by atoms with Crippen molar-refractivity contribution in [1.29, 1.82) is 0 Å². The van der Waals surface area contributed by atoms with E-state index in [1.165, 1.54) is 12.1 Å². The lowest BCUT2D eigenvalue weighted by Crippen LogP contribution is -2.23. The van der Waals surface area contributed by atoms with E-state index in [-0.39, 0.29) is 17.2 Å². The fraction of sp³-hybridized carbons (Fsp3) is 0.0909. The Hall–Kier alpha value is -1.89. The third-order valence-corrected chi connectivity index (χ3v) is 2.98. The van der Waals surface area contributed by atoms with Crippen LogP contribution in [0.5, 0.6) is 0 Å². The Bertz CT molecular complexity index is 571. The number of nitrogens with two attached hydrogens (primary N) is 1. The molecule has 5 nitrogen and oxygen atoms in total. The summed E-state index contributed by atoms with van der Waals surface area (Å²) >= 11 is 3.12. The molecule has 1 aromatic carbocycles. The van der Waals surface area contributed by atoms with Crippen molar-refractivity contribution in [3.63, 3.8) is 0 Å². The summed E-state index contributed by atoms with van der Waals surface area (Å²) in [5.74, 6) is -0.907. The number of anilines is 1. The van der Waals surface area contributed by atoms with Gasteiger partial charge in [0, 0.05) is 10.7 Å². The topological polar surface area (TPSA) is 83.8 Å². The molecule has 0 atom stereocenters. The highest BCUT2D eigenvalue weighted by atomic mass is 79.9. The van der Waals surface area contributed by atoms with Crippen LogP contribution in [0.25, 0.3) is 0 Å². The minimum Gasteiger partial charge on any atom is -0.396 e. The van der Waals surface area contributed by atoms with E-state index in [1.54, 1.807) is 12.3 Å². The van der Waals surface area contributed by atoms with Gasteiger partial charge in [-0.3, -0.25) is 9.89 Å². The van der Waals surface area contributed by atoms with Crippen LogP contribution in [0.1, 0.15) is 16.1 Å². The molecule has 0 radical (unpaired) electrons. The lowest BCUT2D eigenvalue weighted by Gasteiger charge is -2.07. The van der Waals surface area contributed by atoms with Gasteiger partial charge in [-0.25, -0.2) is 4.39 Å². The van der Waals surface area contributed by atoms with E-state index in [0.717, 1.165) is 5.69 Å². The van der Waals surface area contributed by atoms with Gasteiger partial charge < -0.3 is 11.1 Å². The summed E-state index contributed by atoms with van der Waals surface area (Å²) in [5.41, 5.74) is 6.42. The van der Waals surface area contributed by atoms with Crippen LogP contribution >= 0.6 is 15.9 Å². The van der Waals surface area contributed by atoms with Crippen molar-refractivity contribution in [2.45, 2.75) is 6.54 Å². The smallest absolute Gasteiger partial charge is 0.252 e. The molecule has 7 heteroatoms. The van der Waals surface area contributed by atoms with Crippen LogP contribution in [0, 0.1) is 5.82 Å². The Balaban J connectivity index is 2.11. The van der Waals surface area contributed by atoms with E-state index in [0.29, 0.717) is 11.0 Å². The zero-order chi connectivity index (χ0) is 13.1.